The predicted octanol–water partition coefficient (Wildman–Crippen LogP) is 2.61. The summed E-state index contributed by atoms with van der Waals surface area (Å²) < 4.78 is 13.0. The molecule has 1 amide bonds. The third-order valence-corrected chi connectivity index (χ3v) is 3.03. The van der Waals surface area contributed by atoms with Crippen molar-refractivity contribution in [3.8, 4) is 11.5 Å². The second kappa shape index (κ2) is 7.26. The first-order chi connectivity index (χ1) is 10.5. The van der Waals surface area contributed by atoms with Gasteiger partial charge in [-0.05, 0) is 47.9 Å². The Morgan fingerprint density at radius 1 is 1.14 bits per heavy atom. The van der Waals surface area contributed by atoms with Crippen LogP contribution in [-0.2, 0) is 11.2 Å². The summed E-state index contributed by atoms with van der Waals surface area (Å²) in [6, 6.07) is 10.5. The molecule has 0 radical (unpaired) electrons. The lowest BCUT2D eigenvalue weighted by atomic mass is 10.1. The molecule has 0 bridgehead atoms. The van der Waals surface area contributed by atoms with Crippen LogP contribution in [0.3, 0.4) is 0 Å². The fourth-order valence-corrected chi connectivity index (χ4v) is 1.90. The van der Waals surface area contributed by atoms with E-state index >= 15 is 0 Å². The Morgan fingerprint density at radius 3 is 2.68 bits per heavy atom. The molecule has 4 nitrogen and oxygen atoms in total. The second-order valence-corrected chi connectivity index (χ2v) is 4.75. The minimum Gasteiger partial charge on any atom is -0.504 e. The molecule has 0 saturated heterocycles. The quantitative estimate of drug-likeness (QED) is 0.587. The molecule has 22 heavy (non-hydrogen) atoms. The van der Waals surface area contributed by atoms with Crippen molar-refractivity contribution in [1.82, 2.24) is 5.32 Å². The van der Waals surface area contributed by atoms with Crippen LogP contribution in [0.2, 0.25) is 0 Å². The first-order valence-electron chi connectivity index (χ1n) is 6.77. The van der Waals surface area contributed by atoms with Crippen LogP contribution in [0.4, 0.5) is 4.39 Å². The Hall–Kier alpha value is -2.82. The van der Waals surface area contributed by atoms with Crippen molar-refractivity contribution in [2.45, 2.75) is 6.42 Å². The van der Waals surface area contributed by atoms with Crippen LogP contribution >= 0.6 is 0 Å². The first kappa shape index (κ1) is 15.6. The number of aromatic hydroxyl groups is 2. The van der Waals surface area contributed by atoms with Crippen LogP contribution < -0.4 is 5.32 Å². The third kappa shape index (κ3) is 4.63. The average molecular weight is 301 g/mol. The van der Waals surface area contributed by atoms with Crippen molar-refractivity contribution in [3.63, 3.8) is 0 Å². The van der Waals surface area contributed by atoms with Crippen molar-refractivity contribution in [3.05, 3.63) is 65.5 Å². The summed E-state index contributed by atoms with van der Waals surface area (Å²) in [5, 5.41) is 21.2. The maximum absolute atomic E-state index is 13.0. The molecule has 2 rings (SSSR count). The van der Waals surface area contributed by atoms with Crippen LogP contribution in [-0.4, -0.2) is 22.7 Å². The van der Waals surface area contributed by atoms with Crippen LogP contribution in [0.1, 0.15) is 11.1 Å². The van der Waals surface area contributed by atoms with Gasteiger partial charge >= 0.3 is 0 Å². The second-order valence-electron chi connectivity index (χ2n) is 4.75. The Balaban J connectivity index is 1.82. The normalized spacial score (nSPS) is 10.8. The van der Waals surface area contributed by atoms with Crippen molar-refractivity contribution >= 4 is 12.0 Å². The van der Waals surface area contributed by atoms with E-state index in [1.807, 2.05) is 0 Å². The van der Waals surface area contributed by atoms with Gasteiger partial charge in [0.25, 0.3) is 0 Å². The lowest BCUT2D eigenvalue weighted by Crippen LogP contribution is -2.23. The van der Waals surface area contributed by atoms with E-state index in [4.69, 9.17) is 0 Å². The maximum Gasteiger partial charge on any atom is 0.244 e. The zero-order valence-electron chi connectivity index (χ0n) is 11.8. The van der Waals surface area contributed by atoms with Gasteiger partial charge in [0.2, 0.25) is 5.91 Å². The molecule has 3 N–H and O–H groups in total. The van der Waals surface area contributed by atoms with Crippen molar-refractivity contribution in [2.75, 3.05) is 6.54 Å². The van der Waals surface area contributed by atoms with E-state index in [1.165, 1.54) is 36.4 Å². The monoisotopic (exact) mass is 301 g/mol. The van der Waals surface area contributed by atoms with Gasteiger partial charge in [-0.1, -0.05) is 18.2 Å². The number of benzene rings is 2. The number of phenolic OH excluding ortho intramolecular Hbond substituents is 2. The standard InChI is InChI=1S/C17H16FNO3/c18-14-3-1-2-12(10-14)8-9-19-17(22)7-5-13-4-6-15(20)16(21)11-13/h1-7,10-11,20-21H,8-9H2,(H,19,22)/b7-5+. The largest absolute Gasteiger partial charge is 0.504 e. The average Bonchev–Trinajstić information content (AvgIpc) is 2.48. The Kier molecular flexibility index (Phi) is 5.14. The molecule has 0 aliphatic heterocycles. The highest BCUT2D eigenvalue weighted by Gasteiger charge is 2.00. The van der Waals surface area contributed by atoms with Gasteiger partial charge in [0.15, 0.2) is 11.5 Å². The summed E-state index contributed by atoms with van der Waals surface area (Å²) in [6.45, 7) is 0.396. The highest BCUT2D eigenvalue weighted by Crippen LogP contribution is 2.25. The van der Waals surface area contributed by atoms with Gasteiger partial charge in [-0.2, -0.15) is 0 Å². The fraction of sp³-hybridized carbons (Fsp3) is 0.118. The van der Waals surface area contributed by atoms with Crippen LogP contribution in [0, 0.1) is 5.82 Å². The molecule has 0 aliphatic rings. The van der Waals surface area contributed by atoms with Gasteiger partial charge in [-0.3, -0.25) is 4.79 Å². The topological polar surface area (TPSA) is 69.6 Å². The number of rotatable bonds is 5. The summed E-state index contributed by atoms with van der Waals surface area (Å²) >= 11 is 0. The molecule has 0 saturated carbocycles. The zero-order valence-corrected chi connectivity index (χ0v) is 11.8. The van der Waals surface area contributed by atoms with E-state index in [-0.39, 0.29) is 23.2 Å². The molecule has 0 fully saturated rings. The van der Waals surface area contributed by atoms with Gasteiger partial charge in [0, 0.05) is 12.6 Å². The number of hydrogen-bond acceptors (Lipinski definition) is 3. The molecular formula is C17H16FNO3. The minimum atomic E-state index is -0.295. The first-order valence-corrected chi connectivity index (χ1v) is 6.77. The number of amides is 1. The van der Waals surface area contributed by atoms with Crippen LogP contribution in [0.5, 0.6) is 11.5 Å². The summed E-state index contributed by atoms with van der Waals surface area (Å²) in [5.74, 6) is -1.04. The number of carbonyl (C=O) groups excluding carboxylic acids is 1. The summed E-state index contributed by atoms with van der Waals surface area (Å²) in [4.78, 5) is 11.6. The maximum atomic E-state index is 13.0. The highest BCUT2D eigenvalue weighted by atomic mass is 19.1. The molecule has 2 aromatic carbocycles. The minimum absolute atomic E-state index is 0.211. The summed E-state index contributed by atoms with van der Waals surface area (Å²) in [5.41, 5.74) is 1.41. The number of carbonyl (C=O) groups is 1. The molecule has 0 spiro atoms. The molecule has 0 unspecified atom stereocenters. The number of halogens is 1. The molecule has 2 aromatic rings. The molecule has 0 aliphatic carbocycles. The van der Waals surface area contributed by atoms with Crippen molar-refractivity contribution < 1.29 is 19.4 Å². The summed E-state index contributed by atoms with van der Waals surface area (Å²) in [6.07, 6.45) is 3.39. The number of nitrogens with one attached hydrogen (secondary N) is 1. The molecule has 0 aromatic heterocycles. The van der Waals surface area contributed by atoms with E-state index in [2.05, 4.69) is 5.32 Å². The van der Waals surface area contributed by atoms with Gasteiger partial charge in [0.05, 0.1) is 0 Å². The van der Waals surface area contributed by atoms with Gasteiger partial charge in [0.1, 0.15) is 5.82 Å². The van der Waals surface area contributed by atoms with Crippen molar-refractivity contribution in [2.24, 2.45) is 0 Å². The van der Waals surface area contributed by atoms with E-state index in [9.17, 15) is 19.4 Å². The third-order valence-electron chi connectivity index (χ3n) is 3.03. The summed E-state index contributed by atoms with van der Waals surface area (Å²) in [7, 11) is 0. The van der Waals surface area contributed by atoms with E-state index < -0.39 is 0 Å². The SMILES string of the molecule is O=C(/C=C/c1ccc(O)c(O)c1)NCCc1cccc(F)c1. The molecule has 5 heteroatoms. The Labute approximate surface area is 127 Å². The van der Waals surface area contributed by atoms with Crippen molar-refractivity contribution in [1.29, 1.82) is 0 Å². The van der Waals surface area contributed by atoms with Crippen LogP contribution in [0.15, 0.2) is 48.5 Å². The molecular weight excluding hydrogens is 285 g/mol. The van der Waals surface area contributed by atoms with E-state index in [0.717, 1.165) is 5.56 Å². The van der Waals surface area contributed by atoms with Gasteiger partial charge in [-0.25, -0.2) is 4.39 Å². The molecule has 114 valence electrons. The predicted molar refractivity (Wildman–Crippen MR) is 81.9 cm³/mol. The highest BCUT2D eigenvalue weighted by molar-refractivity contribution is 5.91. The van der Waals surface area contributed by atoms with Gasteiger partial charge in [-0.15, -0.1) is 0 Å². The number of phenols is 2. The smallest absolute Gasteiger partial charge is 0.244 e. The fourth-order valence-electron chi connectivity index (χ4n) is 1.90. The zero-order chi connectivity index (χ0) is 15.9. The Bertz CT molecular complexity index is 698. The van der Waals surface area contributed by atoms with Crippen LogP contribution in [0.25, 0.3) is 6.08 Å². The molecule has 0 atom stereocenters. The molecule has 0 heterocycles. The van der Waals surface area contributed by atoms with Gasteiger partial charge < -0.3 is 15.5 Å². The number of hydrogen-bond donors (Lipinski definition) is 3. The van der Waals surface area contributed by atoms with E-state index in [1.54, 1.807) is 18.2 Å². The lowest BCUT2D eigenvalue weighted by Gasteiger charge is -2.03. The van der Waals surface area contributed by atoms with E-state index in [0.29, 0.717) is 18.5 Å². The Morgan fingerprint density at radius 2 is 1.95 bits per heavy atom. The lowest BCUT2D eigenvalue weighted by molar-refractivity contribution is -0.116.